The maximum Gasteiger partial charge on any atom is 0.344 e. The Morgan fingerprint density at radius 1 is 1.13 bits per heavy atom. The molecule has 0 fully saturated rings. The molecule has 2 aromatic carbocycles. The predicted molar refractivity (Wildman–Crippen MR) is 92.0 cm³/mol. The van der Waals surface area contributed by atoms with Crippen LogP contribution in [0.1, 0.15) is 32.6 Å². The average Bonchev–Trinajstić information content (AvgIpc) is 2.93. The predicted octanol–water partition coefficient (Wildman–Crippen LogP) is 4.73. The lowest BCUT2D eigenvalue weighted by atomic mass is 10.1. The second-order valence-electron chi connectivity index (χ2n) is 5.79. The Hall–Kier alpha value is -2.49. The first-order chi connectivity index (χ1) is 11.2. The Bertz CT molecular complexity index is 822. The van der Waals surface area contributed by atoms with Gasteiger partial charge in [0.25, 0.3) is 0 Å². The summed E-state index contributed by atoms with van der Waals surface area (Å²) in [4.78, 5) is 14.8. The van der Waals surface area contributed by atoms with Gasteiger partial charge in [-0.2, -0.15) is 0 Å². The van der Waals surface area contributed by atoms with E-state index < -0.39 is 12.1 Å². The summed E-state index contributed by atoms with van der Waals surface area (Å²) in [6.45, 7) is 2.10. The molecule has 1 atom stereocenters. The average molecular weight is 311 g/mol. The molecule has 4 nitrogen and oxygen atoms in total. The molecule has 0 radical (unpaired) electrons. The Labute approximate surface area is 135 Å². The molecule has 2 N–H and O–H groups in total. The van der Waals surface area contributed by atoms with Gasteiger partial charge in [-0.25, -0.2) is 4.79 Å². The lowest BCUT2D eigenvalue weighted by molar-refractivity contribution is -0.145. The summed E-state index contributed by atoms with van der Waals surface area (Å²) >= 11 is 0. The van der Waals surface area contributed by atoms with E-state index >= 15 is 0 Å². The van der Waals surface area contributed by atoms with Gasteiger partial charge in [0.2, 0.25) is 0 Å². The first-order valence-electron chi connectivity index (χ1n) is 8.09. The van der Waals surface area contributed by atoms with E-state index in [-0.39, 0.29) is 0 Å². The van der Waals surface area contributed by atoms with E-state index in [2.05, 4.69) is 11.9 Å². The second-order valence-corrected chi connectivity index (χ2v) is 5.79. The largest absolute Gasteiger partial charge is 0.479 e. The van der Waals surface area contributed by atoms with Crippen molar-refractivity contribution in [2.24, 2.45) is 0 Å². The Morgan fingerprint density at radius 3 is 2.70 bits per heavy atom. The van der Waals surface area contributed by atoms with Crippen LogP contribution >= 0.6 is 0 Å². The zero-order valence-electron chi connectivity index (χ0n) is 13.2. The van der Waals surface area contributed by atoms with Gasteiger partial charge >= 0.3 is 5.97 Å². The third-order valence-electron chi connectivity index (χ3n) is 4.11. The summed E-state index contributed by atoms with van der Waals surface area (Å²) in [5, 5.41) is 11.4. The Morgan fingerprint density at radius 2 is 1.91 bits per heavy atom. The van der Waals surface area contributed by atoms with Crippen LogP contribution in [0.15, 0.2) is 42.5 Å². The number of carboxylic acids is 1. The zero-order valence-corrected chi connectivity index (χ0v) is 13.2. The number of H-pyrrole nitrogens is 1. The van der Waals surface area contributed by atoms with Crippen molar-refractivity contribution in [3.63, 3.8) is 0 Å². The fourth-order valence-corrected chi connectivity index (χ4v) is 2.93. The van der Waals surface area contributed by atoms with Gasteiger partial charge in [-0.1, -0.05) is 44.0 Å². The van der Waals surface area contributed by atoms with Gasteiger partial charge in [0.1, 0.15) is 5.75 Å². The number of fused-ring (bicyclic) bond motifs is 3. The second kappa shape index (κ2) is 6.73. The van der Waals surface area contributed by atoms with E-state index in [0.717, 1.165) is 41.1 Å². The highest BCUT2D eigenvalue weighted by atomic mass is 16.5. The van der Waals surface area contributed by atoms with Crippen LogP contribution in [0.2, 0.25) is 0 Å². The van der Waals surface area contributed by atoms with Crippen LogP contribution in [0.3, 0.4) is 0 Å². The Balaban J connectivity index is 1.96. The van der Waals surface area contributed by atoms with Crippen LogP contribution in [-0.4, -0.2) is 22.2 Å². The first kappa shape index (κ1) is 15.4. The molecule has 0 aliphatic rings. The molecule has 0 amide bonds. The number of nitrogens with one attached hydrogen (secondary N) is 1. The third-order valence-corrected chi connectivity index (χ3v) is 4.11. The quantitative estimate of drug-likeness (QED) is 0.620. The Kier molecular flexibility index (Phi) is 4.51. The molecule has 0 bridgehead atoms. The first-order valence-corrected chi connectivity index (χ1v) is 8.09. The molecule has 0 aliphatic carbocycles. The van der Waals surface area contributed by atoms with Crippen LogP contribution in [0.4, 0.5) is 0 Å². The van der Waals surface area contributed by atoms with Crippen LogP contribution in [-0.2, 0) is 4.79 Å². The summed E-state index contributed by atoms with van der Waals surface area (Å²) < 4.78 is 5.88. The third kappa shape index (κ3) is 3.16. The van der Waals surface area contributed by atoms with Gasteiger partial charge in [0.15, 0.2) is 6.10 Å². The van der Waals surface area contributed by atoms with Crippen molar-refractivity contribution in [3.05, 3.63) is 42.5 Å². The van der Waals surface area contributed by atoms with E-state index in [0.29, 0.717) is 12.2 Å². The summed E-state index contributed by atoms with van der Waals surface area (Å²) in [6, 6.07) is 13.7. The highest BCUT2D eigenvalue weighted by Gasteiger charge is 2.20. The van der Waals surface area contributed by atoms with E-state index in [1.165, 1.54) is 0 Å². The standard InChI is InChI=1S/C19H21NO3/c1-2-3-4-11-17(19(21)22)23-16-12-7-10-15-18(16)13-8-5-6-9-14(13)20-15/h5-10,12,17,20H,2-4,11H2,1H3,(H,21,22). The number of aromatic amines is 1. The molecule has 0 spiro atoms. The van der Waals surface area contributed by atoms with Crippen molar-refractivity contribution >= 4 is 27.8 Å². The van der Waals surface area contributed by atoms with Crippen molar-refractivity contribution in [2.75, 3.05) is 0 Å². The van der Waals surface area contributed by atoms with Crippen molar-refractivity contribution < 1.29 is 14.6 Å². The number of hydrogen-bond acceptors (Lipinski definition) is 2. The molecule has 3 aromatic rings. The van der Waals surface area contributed by atoms with Crippen LogP contribution in [0.5, 0.6) is 5.75 Å². The maximum absolute atomic E-state index is 11.5. The number of carboxylic acid groups (broad SMARTS) is 1. The summed E-state index contributed by atoms with van der Waals surface area (Å²) in [5.74, 6) is -0.276. The fraction of sp³-hybridized carbons (Fsp3) is 0.316. The van der Waals surface area contributed by atoms with Crippen molar-refractivity contribution in [1.29, 1.82) is 0 Å². The normalized spacial score (nSPS) is 12.6. The van der Waals surface area contributed by atoms with Gasteiger partial charge in [-0.15, -0.1) is 0 Å². The highest BCUT2D eigenvalue weighted by Crippen LogP contribution is 2.33. The molecule has 1 aromatic heterocycles. The van der Waals surface area contributed by atoms with Crippen molar-refractivity contribution in [2.45, 2.75) is 38.7 Å². The number of hydrogen-bond donors (Lipinski definition) is 2. The SMILES string of the molecule is CCCCCC(Oc1cccc2[nH]c3ccccc3c12)C(=O)O. The van der Waals surface area contributed by atoms with E-state index in [1.807, 2.05) is 42.5 Å². The molecule has 0 saturated carbocycles. The van der Waals surface area contributed by atoms with Crippen LogP contribution in [0, 0.1) is 0 Å². The van der Waals surface area contributed by atoms with Gasteiger partial charge in [0.05, 0.1) is 5.52 Å². The van der Waals surface area contributed by atoms with Crippen LogP contribution in [0.25, 0.3) is 21.8 Å². The molecule has 4 heteroatoms. The smallest absolute Gasteiger partial charge is 0.344 e. The van der Waals surface area contributed by atoms with E-state index in [9.17, 15) is 9.90 Å². The minimum Gasteiger partial charge on any atom is -0.479 e. The molecular weight excluding hydrogens is 290 g/mol. The minimum atomic E-state index is -0.905. The molecule has 1 unspecified atom stereocenters. The number of unbranched alkanes of at least 4 members (excludes halogenated alkanes) is 2. The fourth-order valence-electron chi connectivity index (χ4n) is 2.93. The summed E-state index contributed by atoms with van der Waals surface area (Å²) in [7, 11) is 0. The van der Waals surface area contributed by atoms with E-state index in [1.54, 1.807) is 0 Å². The number of ether oxygens (including phenoxy) is 1. The molecular formula is C19H21NO3. The summed E-state index contributed by atoms with van der Waals surface area (Å²) in [6.07, 6.45) is 2.66. The highest BCUT2D eigenvalue weighted by molar-refractivity contribution is 6.10. The topological polar surface area (TPSA) is 62.3 Å². The van der Waals surface area contributed by atoms with Gasteiger partial charge < -0.3 is 14.8 Å². The number of para-hydroxylation sites is 1. The van der Waals surface area contributed by atoms with Gasteiger partial charge in [-0.05, 0) is 31.0 Å². The number of rotatable bonds is 7. The molecule has 23 heavy (non-hydrogen) atoms. The van der Waals surface area contributed by atoms with Crippen molar-refractivity contribution in [3.8, 4) is 5.75 Å². The number of aromatic nitrogens is 1. The van der Waals surface area contributed by atoms with Crippen molar-refractivity contribution in [1.82, 2.24) is 4.98 Å². The van der Waals surface area contributed by atoms with Crippen LogP contribution < -0.4 is 4.74 Å². The van der Waals surface area contributed by atoms with Gasteiger partial charge in [-0.3, -0.25) is 0 Å². The summed E-state index contributed by atoms with van der Waals surface area (Å²) in [5.41, 5.74) is 1.98. The lowest BCUT2D eigenvalue weighted by Gasteiger charge is -2.16. The van der Waals surface area contributed by atoms with Gasteiger partial charge in [0, 0.05) is 16.3 Å². The monoisotopic (exact) mass is 311 g/mol. The molecule has 0 saturated heterocycles. The maximum atomic E-state index is 11.5. The molecule has 120 valence electrons. The molecule has 0 aliphatic heterocycles. The van der Waals surface area contributed by atoms with E-state index in [4.69, 9.17) is 4.74 Å². The minimum absolute atomic E-state index is 0.530. The molecule has 1 heterocycles. The number of carbonyl (C=O) groups is 1. The zero-order chi connectivity index (χ0) is 16.2. The lowest BCUT2D eigenvalue weighted by Crippen LogP contribution is -2.27. The number of benzene rings is 2. The molecule has 3 rings (SSSR count). The number of aliphatic carboxylic acids is 1.